The third-order valence-electron chi connectivity index (χ3n) is 4.47. The molecule has 2 nitrogen and oxygen atoms in total. The van der Waals surface area contributed by atoms with Gasteiger partial charge in [0.2, 0.25) is 11.4 Å². The fourth-order valence-corrected chi connectivity index (χ4v) is 4.23. The van der Waals surface area contributed by atoms with Gasteiger partial charge in [0, 0.05) is 5.56 Å². The Morgan fingerprint density at radius 1 is 1.10 bits per heavy atom. The second-order valence-electron chi connectivity index (χ2n) is 7.73. The molecule has 0 saturated heterocycles. The Hall–Kier alpha value is -1.57. The van der Waals surface area contributed by atoms with E-state index in [1.54, 1.807) is 0 Å². The lowest BCUT2D eigenvalue weighted by atomic mass is 9.65. The van der Waals surface area contributed by atoms with Gasteiger partial charge in [0.25, 0.3) is 0 Å². The second-order valence-corrected chi connectivity index (χ2v) is 7.73. The number of nitrogens with zero attached hydrogens (tertiary/aromatic N) is 1. The molecule has 1 aromatic rings. The number of hydrogen-bond donors (Lipinski definition) is 0. The summed E-state index contributed by atoms with van der Waals surface area (Å²) < 4.78 is 1.19. The first-order valence-corrected chi connectivity index (χ1v) is 7.32. The molecular formula is C18H23NO. The number of fused-ring (bicyclic) bond motifs is 3. The van der Waals surface area contributed by atoms with E-state index in [1.165, 1.54) is 10.3 Å². The Morgan fingerprint density at radius 3 is 2.40 bits per heavy atom. The Balaban J connectivity index is 2.37. The highest BCUT2D eigenvalue weighted by molar-refractivity contribution is 6.28. The molecule has 1 aliphatic heterocycles. The van der Waals surface area contributed by atoms with Crippen molar-refractivity contribution >= 4 is 17.0 Å². The van der Waals surface area contributed by atoms with Crippen LogP contribution in [-0.2, 0) is 0 Å². The molecule has 106 valence electrons. The molecule has 0 radical (unpaired) electrons. The Labute approximate surface area is 121 Å². The van der Waals surface area contributed by atoms with Crippen LogP contribution in [0.25, 0.3) is 5.57 Å². The molecule has 3 rings (SSSR count). The average Bonchev–Trinajstić information content (AvgIpc) is 2.49. The minimum Gasteiger partial charge on any atom is -0.618 e. The van der Waals surface area contributed by atoms with Crippen molar-refractivity contribution in [3.63, 3.8) is 0 Å². The fourth-order valence-electron chi connectivity index (χ4n) is 4.23. The van der Waals surface area contributed by atoms with E-state index in [-0.39, 0.29) is 10.8 Å². The predicted octanol–water partition coefficient (Wildman–Crippen LogP) is 4.74. The van der Waals surface area contributed by atoms with Crippen molar-refractivity contribution in [2.75, 3.05) is 0 Å². The molecule has 2 heteroatoms. The monoisotopic (exact) mass is 269 g/mol. The van der Waals surface area contributed by atoms with Gasteiger partial charge in [-0.25, -0.2) is 0 Å². The highest BCUT2D eigenvalue weighted by Crippen LogP contribution is 2.51. The number of aryl methyl sites for hydroxylation is 2. The van der Waals surface area contributed by atoms with Crippen LogP contribution in [0.1, 0.15) is 50.8 Å². The van der Waals surface area contributed by atoms with Gasteiger partial charge in [-0.05, 0) is 57.2 Å². The molecule has 0 saturated carbocycles. The summed E-state index contributed by atoms with van der Waals surface area (Å²) in [7, 11) is 0. The summed E-state index contributed by atoms with van der Waals surface area (Å²) in [6.07, 6.45) is 3.30. The zero-order valence-electron chi connectivity index (χ0n) is 13.3. The molecule has 0 bridgehead atoms. The number of rotatable bonds is 0. The van der Waals surface area contributed by atoms with Crippen molar-refractivity contribution in [2.45, 2.75) is 48.0 Å². The summed E-state index contributed by atoms with van der Waals surface area (Å²) in [5, 5.41) is 12.8. The molecule has 0 atom stereocenters. The van der Waals surface area contributed by atoms with Gasteiger partial charge in [-0.15, -0.1) is 0 Å². The van der Waals surface area contributed by atoms with E-state index in [0.717, 1.165) is 34.5 Å². The molecule has 1 heterocycles. The third-order valence-corrected chi connectivity index (χ3v) is 4.47. The van der Waals surface area contributed by atoms with E-state index in [1.807, 2.05) is 6.92 Å². The van der Waals surface area contributed by atoms with Gasteiger partial charge >= 0.3 is 0 Å². The molecule has 0 amide bonds. The molecule has 2 aliphatic rings. The minimum absolute atomic E-state index is 0.0886. The molecule has 0 fully saturated rings. The van der Waals surface area contributed by atoms with Crippen LogP contribution in [0.3, 0.4) is 0 Å². The van der Waals surface area contributed by atoms with Crippen molar-refractivity contribution in [3.05, 3.63) is 40.1 Å². The lowest BCUT2D eigenvalue weighted by Crippen LogP contribution is -2.36. The van der Waals surface area contributed by atoms with Crippen molar-refractivity contribution in [2.24, 2.45) is 10.8 Å². The van der Waals surface area contributed by atoms with Crippen LogP contribution in [0, 0.1) is 29.9 Å². The lowest BCUT2D eigenvalue weighted by Gasteiger charge is -2.36. The Kier molecular flexibility index (Phi) is 2.51. The highest BCUT2D eigenvalue weighted by Gasteiger charge is 2.48. The normalized spacial score (nSPS) is 22.4. The number of allylic oxidation sites excluding steroid dienone is 2. The molecule has 0 N–H and O–H groups in total. The maximum atomic E-state index is 12.8. The zero-order valence-corrected chi connectivity index (χ0v) is 13.3. The molecule has 0 spiro atoms. The summed E-state index contributed by atoms with van der Waals surface area (Å²) in [4.78, 5) is 0. The van der Waals surface area contributed by atoms with E-state index in [4.69, 9.17) is 0 Å². The standard InChI is InChI=1S/C18H23NO/c1-11-7-12(2)15-13(8-11)14-9-17(3,4)10-18(5,6)16(14)19(15)20/h7-9H,10H2,1-6H3. The predicted molar refractivity (Wildman–Crippen MR) is 84.4 cm³/mol. The lowest BCUT2D eigenvalue weighted by molar-refractivity contribution is -0.362. The Bertz CT molecular complexity index is 675. The van der Waals surface area contributed by atoms with E-state index in [2.05, 4.69) is 52.8 Å². The van der Waals surface area contributed by atoms with Crippen molar-refractivity contribution in [1.82, 2.24) is 0 Å². The van der Waals surface area contributed by atoms with Gasteiger partial charge in [0.05, 0.1) is 16.6 Å². The number of benzene rings is 1. The van der Waals surface area contributed by atoms with Crippen LogP contribution in [0.5, 0.6) is 0 Å². The van der Waals surface area contributed by atoms with E-state index >= 15 is 0 Å². The van der Waals surface area contributed by atoms with Crippen LogP contribution in [0.4, 0.5) is 5.69 Å². The molecule has 1 aliphatic carbocycles. The molecular weight excluding hydrogens is 246 g/mol. The molecule has 0 unspecified atom stereocenters. The van der Waals surface area contributed by atoms with Crippen LogP contribution in [0.2, 0.25) is 0 Å². The maximum absolute atomic E-state index is 12.8. The van der Waals surface area contributed by atoms with Crippen LogP contribution in [0.15, 0.2) is 18.2 Å². The SMILES string of the molecule is Cc1cc(C)c2c(c1)C1=CC(C)(C)CC(C)(C)C1=[N+]2[O-]. The first kappa shape index (κ1) is 13.4. The van der Waals surface area contributed by atoms with E-state index < -0.39 is 0 Å². The summed E-state index contributed by atoms with van der Waals surface area (Å²) in [5.41, 5.74) is 6.40. The van der Waals surface area contributed by atoms with Gasteiger partial charge in [0.15, 0.2) is 0 Å². The summed E-state index contributed by atoms with van der Waals surface area (Å²) in [6.45, 7) is 13.0. The van der Waals surface area contributed by atoms with Crippen molar-refractivity contribution in [1.29, 1.82) is 0 Å². The fraction of sp³-hybridized carbons (Fsp3) is 0.500. The second kappa shape index (κ2) is 3.75. The topological polar surface area (TPSA) is 26.1 Å². The summed E-state index contributed by atoms with van der Waals surface area (Å²) in [5.74, 6) is 0. The van der Waals surface area contributed by atoms with E-state index in [0.29, 0.717) is 0 Å². The van der Waals surface area contributed by atoms with Crippen LogP contribution < -0.4 is 0 Å². The van der Waals surface area contributed by atoms with Crippen LogP contribution in [-0.4, -0.2) is 10.5 Å². The van der Waals surface area contributed by atoms with Gasteiger partial charge in [0.1, 0.15) is 0 Å². The first-order valence-electron chi connectivity index (χ1n) is 7.32. The van der Waals surface area contributed by atoms with Crippen molar-refractivity contribution < 1.29 is 4.74 Å². The van der Waals surface area contributed by atoms with E-state index in [9.17, 15) is 5.21 Å². The van der Waals surface area contributed by atoms with Crippen LogP contribution >= 0.6 is 0 Å². The smallest absolute Gasteiger partial charge is 0.227 e. The summed E-state index contributed by atoms with van der Waals surface area (Å²) >= 11 is 0. The average molecular weight is 269 g/mol. The minimum atomic E-state index is -0.0886. The maximum Gasteiger partial charge on any atom is 0.227 e. The zero-order chi connectivity index (χ0) is 14.9. The third kappa shape index (κ3) is 1.74. The first-order chi connectivity index (χ1) is 9.12. The van der Waals surface area contributed by atoms with Gasteiger partial charge < -0.3 is 5.21 Å². The summed E-state index contributed by atoms with van der Waals surface area (Å²) in [6, 6.07) is 4.25. The molecule has 0 aromatic heterocycles. The van der Waals surface area contributed by atoms with Gasteiger partial charge in [-0.1, -0.05) is 19.9 Å². The highest BCUT2D eigenvalue weighted by atomic mass is 16.5. The quantitative estimate of drug-likeness (QED) is 0.493. The molecule has 1 aromatic carbocycles. The molecule has 20 heavy (non-hydrogen) atoms. The number of hydrogen-bond acceptors (Lipinski definition) is 1. The van der Waals surface area contributed by atoms with Gasteiger partial charge in [-0.2, -0.15) is 4.74 Å². The van der Waals surface area contributed by atoms with Crippen molar-refractivity contribution in [3.8, 4) is 0 Å². The Morgan fingerprint density at radius 2 is 1.75 bits per heavy atom. The van der Waals surface area contributed by atoms with Gasteiger partial charge in [-0.3, -0.25) is 0 Å². The largest absolute Gasteiger partial charge is 0.618 e.